The third-order valence-corrected chi connectivity index (χ3v) is 2.67. The van der Waals surface area contributed by atoms with Crippen LogP contribution in [-0.4, -0.2) is 22.4 Å². The predicted octanol–water partition coefficient (Wildman–Crippen LogP) is 2.80. The third-order valence-electron chi connectivity index (χ3n) is 2.34. The molecule has 0 aliphatic heterocycles. The lowest BCUT2D eigenvalue weighted by Crippen LogP contribution is -1.97. The van der Waals surface area contributed by atoms with Crippen molar-refractivity contribution in [1.82, 2.24) is 10.1 Å². The van der Waals surface area contributed by atoms with Crippen molar-refractivity contribution < 1.29 is 14.4 Å². The topological polar surface area (TPSA) is 68.4 Å². The molecule has 1 heterocycles. The Hall–Kier alpha value is -1.59. The van der Waals surface area contributed by atoms with Gasteiger partial charge in [0.15, 0.2) is 0 Å². The van der Waals surface area contributed by atoms with Crippen LogP contribution in [0.5, 0.6) is 5.75 Å². The highest BCUT2D eigenvalue weighted by Gasteiger charge is 2.16. The Kier molecular flexibility index (Phi) is 3.31. The number of hydrogen-bond donors (Lipinski definition) is 1. The van der Waals surface area contributed by atoms with Crippen LogP contribution in [0.3, 0.4) is 0 Å². The summed E-state index contributed by atoms with van der Waals surface area (Å²) in [6.07, 6.45) is -0.261. The van der Waals surface area contributed by atoms with Crippen LogP contribution in [0, 0.1) is 0 Å². The maximum atomic E-state index is 9.39. The number of aromatic hydroxyl groups is 1. The molecule has 0 saturated carbocycles. The highest BCUT2D eigenvalue weighted by Crippen LogP contribution is 2.30. The van der Waals surface area contributed by atoms with Crippen LogP contribution in [0.4, 0.5) is 0 Å². The lowest BCUT2D eigenvalue weighted by Gasteiger charge is -2.01. The van der Waals surface area contributed by atoms with Gasteiger partial charge >= 0.3 is 0 Å². The molecule has 1 aromatic heterocycles. The Balaban J connectivity index is 2.40. The van der Waals surface area contributed by atoms with Crippen molar-refractivity contribution in [2.45, 2.75) is 13.0 Å². The molecule has 0 saturated heterocycles. The zero-order valence-electron chi connectivity index (χ0n) is 9.35. The van der Waals surface area contributed by atoms with Crippen molar-refractivity contribution in [3.8, 4) is 17.2 Å². The second-order valence-corrected chi connectivity index (χ2v) is 3.91. The molecule has 0 spiro atoms. The first-order valence-electron chi connectivity index (χ1n) is 4.97. The molecule has 5 nitrogen and oxygen atoms in total. The summed E-state index contributed by atoms with van der Waals surface area (Å²) < 4.78 is 10.1. The SMILES string of the molecule is COC(C)c1noc(-c2cc(O)ccc2Cl)n1. The molecule has 17 heavy (non-hydrogen) atoms. The summed E-state index contributed by atoms with van der Waals surface area (Å²) in [6, 6.07) is 4.52. The molecule has 90 valence electrons. The number of rotatable bonds is 3. The van der Waals surface area contributed by atoms with Crippen LogP contribution >= 0.6 is 11.6 Å². The summed E-state index contributed by atoms with van der Waals surface area (Å²) in [5.41, 5.74) is 0.494. The fourth-order valence-corrected chi connectivity index (χ4v) is 1.49. The quantitative estimate of drug-likeness (QED) is 0.912. The second-order valence-electron chi connectivity index (χ2n) is 3.50. The van der Waals surface area contributed by atoms with E-state index in [0.717, 1.165) is 0 Å². The molecule has 6 heteroatoms. The molecule has 0 aliphatic rings. The summed E-state index contributed by atoms with van der Waals surface area (Å²) in [4.78, 5) is 4.15. The number of halogens is 1. The molecule has 1 unspecified atom stereocenters. The highest BCUT2D eigenvalue weighted by molar-refractivity contribution is 6.33. The van der Waals surface area contributed by atoms with E-state index in [1.54, 1.807) is 20.1 Å². The van der Waals surface area contributed by atoms with Crippen LogP contribution in [0.2, 0.25) is 5.02 Å². The molecule has 0 radical (unpaired) electrons. The van der Waals surface area contributed by atoms with Gasteiger partial charge < -0.3 is 14.4 Å². The van der Waals surface area contributed by atoms with Crippen LogP contribution in [0.1, 0.15) is 18.9 Å². The van der Waals surface area contributed by atoms with Gasteiger partial charge in [-0.05, 0) is 25.1 Å². The Bertz CT molecular complexity index is 527. The lowest BCUT2D eigenvalue weighted by molar-refractivity contribution is 0.109. The van der Waals surface area contributed by atoms with E-state index < -0.39 is 0 Å². The van der Waals surface area contributed by atoms with E-state index in [1.807, 2.05) is 0 Å². The van der Waals surface area contributed by atoms with Crippen molar-refractivity contribution in [3.05, 3.63) is 29.0 Å². The highest BCUT2D eigenvalue weighted by atomic mass is 35.5. The van der Waals surface area contributed by atoms with Crippen molar-refractivity contribution in [2.24, 2.45) is 0 Å². The lowest BCUT2D eigenvalue weighted by atomic mass is 10.2. The van der Waals surface area contributed by atoms with E-state index in [1.165, 1.54) is 12.1 Å². The average Bonchev–Trinajstić information content (AvgIpc) is 2.80. The van der Waals surface area contributed by atoms with Crippen molar-refractivity contribution >= 4 is 11.6 Å². The van der Waals surface area contributed by atoms with Gasteiger partial charge in [-0.3, -0.25) is 0 Å². The van der Waals surface area contributed by atoms with Crippen LogP contribution < -0.4 is 0 Å². The summed E-state index contributed by atoms with van der Waals surface area (Å²) in [5, 5.41) is 13.6. The molecule has 1 atom stereocenters. The van der Waals surface area contributed by atoms with Gasteiger partial charge in [-0.15, -0.1) is 0 Å². The molecule has 2 rings (SSSR count). The van der Waals surface area contributed by atoms with Gasteiger partial charge in [0.25, 0.3) is 5.89 Å². The van der Waals surface area contributed by atoms with Gasteiger partial charge in [-0.25, -0.2) is 0 Å². The number of aromatic nitrogens is 2. The standard InChI is InChI=1S/C11H11ClN2O3/c1-6(16-2)10-13-11(17-14-10)8-5-7(15)3-4-9(8)12/h3-6,15H,1-2H3. The normalized spacial score (nSPS) is 12.6. The van der Waals surface area contributed by atoms with E-state index >= 15 is 0 Å². The van der Waals surface area contributed by atoms with Crippen LogP contribution in [0.25, 0.3) is 11.5 Å². The Morgan fingerprint density at radius 1 is 1.47 bits per heavy atom. The van der Waals surface area contributed by atoms with Crippen LogP contribution in [-0.2, 0) is 4.74 Å². The minimum Gasteiger partial charge on any atom is -0.508 e. The second kappa shape index (κ2) is 4.73. The van der Waals surface area contributed by atoms with E-state index in [-0.39, 0.29) is 17.7 Å². The van der Waals surface area contributed by atoms with Gasteiger partial charge in [0.1, 0.15) is 11.9 Å². The number of nitrogens with zero attached hydrogens (tertiary/aromatic N) is 2. The van der Waals surface area contributed by atoms with Gasteiger partial charge in [0.05, 0.1) is 10.6 Å². The molecular weight excluding hydrogens is 244 g/mol. The third kappa shape index (κ3) is 2.40. The van der Waals surface area contributed by atoms with E-state index in [0.29, 0.717) is 16.4 Å². The number of phenolic OH excluding ortho intramolecular Hbond substituents is 1. The van der Waals surface area contributed by atoms with Gasteiger partial charge in [0.2, 0.25) is 5.82 Å². The van der Waals surface area contributed by atoms with E-state index in [4.69, 9.17) is 20.9 Å². The first-order chi connectivity index (χ1) is 8.11. The number of hydrogen-bond acceptors (Lipinski definition) is 5. The minimum atomic E-state index is -0.261. The summed E-state index contributed by atoms with van der Waals surface area (Å²) in [5.74, 6) is 0.774. The molecule has 2 aromatic rings. The van der Waals surface area contributed by atoms with E-state index in [2.05, 4.69) is 10.1 Å². The predicted molar refractivity (Wildman–Crippen MR) is 61.8 cm³/mol. The van der Waals surface area contributed by atoms with E-state index in [9.17, 15) is 5.11 Å². The molecule has 1 N–H and O–H groups in total. The van der Waals surface area contributed by atoms with Gasteiger partial charge in [0, 0.05) is 7.11 Å². The summed E-state index contributed by atoms with van der Waals surface area (Å²) >= 11 is 5.98. The first kappa shape index (κ1) is 11.9. The number of ether oxygens (including phenoxy) is 1. The number of methoxy groups -OCH3 is 1. The monoisotopic (exact) mass is 254 g/mol. The molecule has 0 fully saturated rings. The molecular formula is C11H11ClN2O3. The van der Waals surface area contributed by atoms with Gasteiger partial charge in [-0.2, -0.15) is 4.98 Å². The molecule has 0 amide bonds. The molecule has 1 aromatic carbocycles. The minimum absolute atomic E-state index is 0.0870. The Morgan fingerprint density at radius 3 is 2.94 bits per heavy atom. The maximum Gasteiger partial charge on any atom is 0.259 e. The van der Waals surface area contributed by atoms with Gasteiger partial charge in [-0.1, -0.05) is 16.8 Å². The smallest absolute Gasteiger partial charge is 0.259 e. The van der Waals surface area contributed by atoms with Crippen molar-refractivity contribution in [1.29, 1.82) is 0 Å². The van der Waals surface area contributed by atoms with Crippen molar-refractivity contribution in [2.75, 3.05) is 7.11 Å². The Morgan fingerprint density at radius 2 is 2.24 bits per heavy atom. The largest absolute Gasteiger partial charge is 0.508 e. The van der Waals surface area contributed by atoms with Crippen LogP contribution in [0.15, 0.2) is 22.7 Å². The molecule has 0 bridgehead atoms. The average molecular weight is 255 g/mol. The first-order valence-corrected chi connectivity index (χ1v) is 5.35. The Labute approximate surface area is 103 Å². The maximum absolute atomic E-state index is 9.39. The van der Waals surface area contributed by atoms with Crippen molar-refractivity contribution in [3.63, 3.8) is 0 Å². The molecule has 0 aliphatic carbocycles. The zero-order valence-corrected chi connectivity index (χ0v) is 10.1. The fourth-order valence-electron chi connectivity index (χ4n) is 1.29. The number of benzene rings is 1. The summed E-state index contributed by atoms with van der Waals surface area (Å²) in [6.45, 7) is 1.80. The fraction of sp³-hybridized carbons (Fsp3) is 0.273. The number of phenols is 1. The summed E-state index contributed by atoms with van der Waals surface area (Å²) in [7, 11) is 1.56. The zero-order chi connectivity index (χ0) is 12.4.